The van der Waals surface area contributed by atoms with E-state index in [-0.39, 0.29) is 5.91 Å². The Kier molecular flexibility index (Phi) is 3.08. The van der Waals surface area contributed by atoms with Crippen molar-refractivity contribution in [3.8, 4) is 0 Å². The number of nitrogens with two attached hydrogens (primary N) is 1. The average molecular weight is 235 g/mol. The van der Waals surface area contributed by atoms with Crippen LogP contribution in [0.15, 0.2) is 30.5 Å². The topological polar surface area (TPSA) is 92.9 Å². The van der Waals surface area contributed by atoms with Gasteiger partial charge >= 0.3 is 0 Å². The molecule has 0 aliphatic rings. The van der Waals surface area contributed by atoms with Crippen LogP contribution < -0.4 is 16.6 Å². The molecule has 0 atom stereocenters. The Morgan fingerprint density at radius 2 is 2.19 bits per heavy atom. The molecule has 16 heavy (non-hydrogen) atoms. The molecule has 4 N–H and O–H groups in total. The number of hydrogen-bond acceptors (Lipinski definition) is 6. The fraction of sp³-hybridized carbons (Fsp3) is 0. The molecule has 1 aromatic heterocycles. The highest BCUT2D eigenvalue weighted by Crippen LogP contribution is 2.17. The molecule has 7 heteroatoms. The van der Waals surface area contributed by atoms with E-state index in [1.807, 2.05) is 0 Å². The summed E-state index contributed by atoms with van der Waals surface area (Å²) in [6, 6.07) is 6.96. The van der Waals surface area contributed by atoms with E-state index >= 15 is 0 Å². The number of aromatic nitrogens is 2. The first kappa shape index (κ1) is 10.5. The molecule has 0 saturated heterocycles. The summed E-state index contributed by atoms with van der Waals surface area (Å²) >= 11 is 1.11. The highest BCUT2D eigenvalue weighted by molar-refractivity contribution is 7.10. The quantitative estimate of drug-likeness (QED) is 0.546. The van der Waals surface area contributed by atoms with Crippen LogP contribution in [0.4, 0.5) is 10.7 Å². The number of hydrazine groups is 1. The molecular formula is C9H9N5OS. The zero-order valence-electron chi connectivity index (χ0n) is 8.18. The Balaban J connectivity index is 2.21. The molecule has 6 nitrogen and oxygen atoms in total. The molecule has 0 fully saturated rings. The molecule has 1 amide bonds. The first-order valence-electron chi connectivity index (χ1n) is 4.45. The molecule has 1 heterocycles. The van der Waals surface area contributed by atoms with Crippen LogP contribution in [-0.4, -0.2) is 15.5 Å². The van der Waals surface area contributed by atoms with Crippen molar-refractivity contribution in [2.75, 3.05) is 10.7 Å². The first-order chi connectivity index (χ1) is 7.81. The van der Waals surface area contributed by atoms with Gasteiger partial charge in [-0.3, -0.25) is 10.6 Å². The summed E-state index contributed by atoms with van der Waals surface area (Å²) in [6.45, 7) is 0. The molecular weight excluding hydrogens is 226 g/mol. The average Bonchev–Trinajstić information content (AvgIpc) is 2.81. The number of nitrogens with one attached hydrogen (secondary N) is 2. The SMILES string of the molecule is NNc1ccccc1C(=O)Nc1cnns1. The molecule has 0 spiro atoms. The van der Waals surface area contributed by atoms with Crippen molar-refractivity contribution in [2.45, 2.75) is 0 Å². The number of nitrogens with zero attached hydrogens (tertiary/aromatic N) is 2. The van der Waals surface area contributed by atoms with Crippen LogP contribution in [0.25, 0.3) is 0 Å². The largest absolute Gasteiger partial charge is 0.323 e. The van der Waals surface area contributed by atoms with Crippen LogP contribution in [0.5, 0.6) is 0 Å². The molecule has 2 rings (SSSR count). The normalized spacial score (nSPS) is 9.81. The second-order valence-corrected chi connectivity index (χ2v) is 3.71. The predicted molar refractivity (Wildman–Crippen MR) is 62.1 cm³/mol. The van der Waals surface area contributed by atoms with Gasteiger partial charge in [0.25, 0.3) is 5.91 Å². The third-order valence-electron chi connectivity index (χ3n) is 1.93. The van der Waals surface area contributed by atoms with Gasteiger partial charge in [0.15, 0.2) is 0 Å². The van der Waals surface area contributed by atoms with E-state index in [2.05, 4.69) is 20.3 Å². The highest BCUT2D eigenvalue weighted by atomic mass is 32.1. The molecule has 0 unspecified atom stereocenters. The van der Waals surface area contributed by atoms with Crippen molar-refractivity contribution in [1.82, 2.24) is 9.59 Å². The van der Waals surface area contributed by atoms with Crippen molar-refractivity contribution < 1.29 is 4.79 Å². The zero-order valence-corrected chi connectivity index (χ0v) is 8.99. The number of benzene rings is 1. The van der Waals surface area contributed by atoms with Crippen LogP contribution in [-0.2, 0) is 0 Å². The number of carbonyl (C=O) groups excluding carboxylic acids is 1. The number of amides is 1. The summed E-state index contributed by atoms with van der Waals surface area (Å²) in [6.07, 6.45) is 1.49. The summed E-state index contributed by atoms with van der Waals surface area (Å²) in [5.41, 5.74) is 3.51. The van der Waals surface area contributed by atoms with Gasteiger partial charge < -0.3 is 10.7 Å². The molecule has 0 aliphatic heterocycles. The number of hydrogen-bond donors (Lipinski definition) is 3. The Morgan fingerprint density at radius 3 is 2.88 bits per heavy atom. The highest BCUT2D eigenvalue weighted by Gasteiger charge is 2.11. The Morgan fingerprint density at radius 1 is 1.38 bits per heavy atom. The second-order valence-electron chi connectivity index (χ2n) is 2.93. The van der Waals surface area contributed by atoms with Gasteiger partial charge in [0.2, 0.25) is 0 Å². The third kappa shape index (κ3) is 2.15. The summed E-state index contributed by atoms with van der Waals surface area (Å²) in [5, 5.41) is 6.89. The van der Waals surface area contributed by atoms with Crippen LogP contribution in [0, 0.1) is 0 Å². The predicted octanol–water partition coefficient (Wildman–Crippen LogP) is 1.08. The van der Waals surface area contributed by atoms with Crippen molar-refractivity contribution >= 4 is 28.1 Å². The van der Waals surface area contributed by atoms with Gasteiger partial charge in [-0.2, -0.15) is 0 Å². The number of anilines is 2. The van der Waals surface area contributed by atoms with E-state index in [0.29, 0.717) is 16.3 Å². The van der Waals surface area contributed by atoms with Crippen molar-refractivity contribution in [3.63, 3.8) is 0 Å². The lowest BCUT2D eigenvalue weighted by molar-refractivity contribution is 0.102. The van der Waals surface area contributed by atoms with Crippen molar-refractivity contribution in [3.05, 3.63) is 36.0 Å². The molecule has 1 aromatic carbocycles. The third-order valence-corrected chi connectivity index (χ3v) is 2.51. The standard InChI is InChI=1S/C9H9N5OS/c10-13-7-4-2-1-3-6(7)9(15)12-8-5-11-14-16-8/h1-5,13H,10H2,(H,12,15). The van der Waals surface area contributed by atoms with Gasteiger partial charge in [-0.25, -0.2) is 0 Å². The maximum absolute atomic E-state index is 11.8. The minimum atomic E-state index is -0.250. The Bertz CT molecular complexity index is 484. The lowest BCUT2D eigenvalue weighted by atomic mass is 10.1. The van der Waals surface area contributed by atoms with E-state index in [1.165, 1.54) is 6.20 Å². The number of para-hydroxylation sites is 1. The minimum absolute atomic E-state index is 0.250. The summed E-state index contributed by atoms with van der Waals surface area (Å²) < 4.78 is 3.65. The van der Waals surface area contributed by atoms with E-state index < -0.39 is 0 Å². The van der Waals surface area contributed by atoms with Crippen LogP contribution >= 0.6 is 11.5 Å². The Hall–Kier alpha value is -1.99. The molecule has 2 aromatic rings. The van der Waals surface area contributed by atoms with E-state index in [0.717, 1.165) is 11.5 Å². The maximum atomic E-state index is 11.8. The first-order valence-corrected chi connectivity index (χ1v) is 5.23. The van der Waals surface area contributed by atoms with Gasteiger partial charge in [0.05, 0.1) is 17.4 Å². The van der Waals surface area contributed by atoms with Crippen LogP contribution in [0.2, 0.25) is 0 Å². The van der Waals surface area contributed by atoms with Crippen molar-refractivity contribution in [1.29, 1.82) is 0 Å². The van der Waals surface area contributed by atoms with Crippen LogP contribution in [0.3, 0.4) is 0 Å². The smallest absolute Gasteiger partial charge is 0.258 e. The number of carbonyl (C=O) groups is 1. The maximum Gasteiger partial charge on any atom is 0.258 e. The fourth-order valence-electron chi connectivity index (χ4n) is 1.21. The summed E-state index contributed by atoms with van der Waals surface area (Å²) in [7, 11) is 0. The van der Waals surface area contributed by atoms with E-state index in [9.17, 15) is 4.79 Å². The number of rotatable bonds is 3. The zero-order chi connectivity index (χ0) is 11.4. The van der Waals surface area contributed by atoms with E-state index in [4.69, 9.17) is 5.84 Å². The van der Waals surface area contributed by atoms with Gasteiger partial charge in [-0.1, -0.05) is 16.6 Å². The number of nitrogen functional groups attached to an aromatic ring is 1. The molecule has 0 aliphatic carbocycles. The lowest BCUT2D eigenvalue weighted by Crippen LogP contribution is -2.16. The van der Waals surface area contributed by atoms with Gasteiger partial charge in [0.1, 0.15) is 5.00 Å². The molecule has 82 valence electrons. The minimum Gasteiger partial charge on any atom is -0.323 e. The summed E-state index contributed by atoms with van der Waals surface area (Å²) in [5.74, 6) is 5.06. The fourth-order valence-corrected chi connectivity index (χ4v) is 1.62. The second kappa shape index (κ2) is 4.69. The lowest BCUT2D eigenvalue weighted by Gasteiger charge is -2.07. The monoisotopic (exact) mass is 235 g/mol. The van der Waals surface area contributed by atoms with Gasteiger partial charge in [0, 0.05) is 11.5 Å². The summed E-state index contributed by atoms with van der Waals surface area (Å²) in [4.78, 5) is 11.8. The van der Waals surface area contributed by atoms with Gasteiger partial charge in [-0.05, 0) is 12.1 Å². The molecule has 0 radical (unpaired) electrons. The molecule has 0 bridgehead atoms. The Labute approximate surface area is 95.6 Å². The van der Waals surface area contributed by atoms with Crippen LogP contribution in [0.1, 0.15) is 10.4 Å². The van der Waals surface area contributed by atoms with Crippen molar-refractivity contribution in [2.24, 2.45) is 5.84 Å². The van der Waals surface area contributed by atoms with Gasteiger partial charge in [-0.15, -0.1) is 5.10 Å². The molecule has 0 saturated carbocycles. The van der Waals surface area contributed by atoms with E-state index in [1.54, 1.807) is 24.3 Å².